The Hall–Kier alpha value is -0.840. The van der Waals surface area contributed by atoms with Gasteiger partial charge < -0.3 is 10.6 Å². The molecule has 2 atom stereocenters. The van der Waals surface area contributed by atoms with E-state index in [1.165, 1.54) is 12.8 Å². The molecule has 0 aromatic carbocycles. The smallest absolute Gasteiger partial charge is 0.224 e. The average molecular weight is 334 g/mol. The molecule has 2 heterocycles. The first-order valence-electron chi connectivity index (χ1n) is 7.08. The van der Waals surface area contributed by atoms with Gasteiger partial charge in [0.2, 0.25) is 5.91 Å². The summed E-state index contributed by atoms with van der Waals surface area (Å²) in [6.45, 7) is 6.29. The minimum atomic E-state index is 0. The number of hydrogen-bond donors (Lipinski definition) is 2. The van der Waals surface area contributed by atoms with E-state index >= 15 is 0 Å². The van der Waals surface area contributed by atoms with Crippen molar-refractivity contribution in [1.82, 2.24) is 10.3 Å². The van der Waals surface area contributed by atoms with Crippen LogP contribution in [-0.4, -0.2) is 24.0 Å². The molecule has 0 spiro atoms. The summed E-state index contributed by atoms with van der Waals surface area (Å²) in [6.07, 6.45) is 6.52. The van der Waals surface area contributed by atoms with Crippen LogP contribution in [0.4, 0.5) is 5.69 Å². The fourth-order valence-corrected chi connectivity index (χ4v) is 2.64. The molecular formula is C15H25Cl2N3O. The van der Waals surface area contributed by atoms with Crippen molar-refractivity contribution in [1.29, 1.82) is 0 Å². The van der Waals surface area contributed by atoms with Crippen LogP contribution in [0.15, 0.2) is 18.5 Å². The Labute approximate surface area is 139 Å². The summed E-state index contributed by atoms with van der Waals surface area (Å²) >= 11 is 0. The van der Waals surface area contributed by atoms with Gasteiger partial charge in [0.1, 0.15) is 0 Å². The number of carbonyl (C=O) groups is 1. The second kappa shape index (κ2) is 9.98. The van der Waals surface area contributed by atoms with E-state index in [4.69, 9.17) is 0 Å². The van der Waals surface area contributed by atoms with Gasteiger partial charge in [-0.2, -0.15) is 0 Å². The lowest BCUT2D eigenvalue weighted by molar-refractivity contribution is -0.117. The topological polar surface area (TPSA) is 54.0 Å². The van der Waals surface area contributed by atoms with E-state index < -0.39 is 0 Å². The van der Waals surface area contributed by atoms with E-state index in [-0.39, 0.29) is 30.7 Å². The van der Waals surface area contributed by atoms with Crippen LogP contribution in [-0.2, 0) is 4.79 Å². The van der Waals surface area contributed by atoms with Crippen molar-refractivity contribution >= 4 is 36.4 Å². The van der Waals surface area contributed by atoms with Crippen LogP contribution in [0.1, 0.15) is 31.7 Å². The standard InChI is InChI=1S/C15H23N3O.2ClH/c1-11(13-4-3-6-16-10-13)8-15(19)18-14-5-7-17-9-12(14)2;;/h5,7,9,11,13,16H,3-4,6,8,10H2,1-2H3,(H,17,18,19);2*1H. The van der Waals surface area contributed by atoms with Crippen LogP contribution in [0, 0.1) is 18.8 Å². The van der Waals surface area contributed by atoms with Crippen molar-refractivity contribution in [3.8, 4) is 0 Å². The van der Waals surface area contributed by atoms with Gasteiger partial charge >= 0.3 is 0 Å². The number of amides is 1. The van der Waals surface area contributed by atoms with Crippen molar-refractivity contribution in [2.24, 2.45) is 11.8 Å². The van der Waals surface area contributed by atoms with Gasteiger partial charge in [0.15, 0.2) is 0 Å². The molecule has 21 heavy (non-hydrogen) atoms. The van der Waals surface area contributed by atoms with Crippen LogP contribution in [0.5, 0.6) is 0 Å². The minimum Gasteiger partial charge on any atom is -0.326 e. The predicted octanol–water partition coefficient (Wildman–Crippen LogP) is 3.20. The molecule has 120 valence electrons. The number of aryl methyl sites for hydroxylation is 1. The molecule has 2 rings (SSSR count). The highest BCUT2D eigenvalue weighted by Gasteiger charge is 2.22. The van der Waals surface area contributed by atoms with Crippen LogP contribution in [0.3, 0.4) is 0 Å². The number of piperidine rings is 1. The largest absolute Gasteiger partial charge is 0.326 e. The third kappa shape index (κ3) is 6.20. The molecule has 2 unspecified atom stereocenters. The van der Waals surface area contributed by atoms with Crippen LogP contribution < -0.4 is 10.6 Å². The quantitative estimate of drug-likeness (QED) is 0.889. The molecule has 0 bridgehead atoms. The van der Waals surface area contributed by atoms with Crippen molar-refractivity contribution in [3.63, 3.8) is 0 Å². The highest BCUT2D eigenvalue weighted by Crippen LogP contribution is 2.23. The zero-order valence-electron chi connectivity index (χ0n) is 12.6. The Morgan fingerprint density at radius 2 is 2.29 bits per heavy atom. The molecule has 4 nitrogen and oxygen atoms in total. The summed E-state index contributed by atoms with van der Waals surface area (Å²) in [4.78, 5) is 16.1. The monoisotopic (exact) mass is 333 g/mol. The van der Waals surface area contributed by atoms with Gasteiger partial charge in [-0.15, -0.1) is 24.8 Å². The maximum atomic E-state index is 12.1. The Kier molecular flexibility index (Phi) is 9.58. The summed E-state index contributed by atoms with van der Waals surface area (Å²) in [6, 6.07) is 1.85. The molecule has 1 amide bonds. The summed E-state index contributed by atoms with van der Waals surface area (Å²) < 4.78 is 0. The fraction of sp³-hybridized carbons (Fsp3) is 0.600. The lowest BCUT2D eigenvalue weighted by atomic mass is 9.85. The minimum absolute atomic E-state index is 0. The molecule has 6 heteroatoms. The first-order chi connectivity index (χ1) is 9.16. The highest BCUT2D eigenvalue weighted by molar-refractivity contribution is 5.91. The van der Waals surface area contributed by atoms with Crippen LogP contribution in [0.25, 0.3) is 0 Å². The highest BCUT2D eigenvalue weighted by atomic mass is 35.5. The van der Waals surface area contributed by atoms with E-state index in [0.29, 0.717) is 18.3 Å². The molecular weight excluding hydrogens is 309 g/mol. The number of nitrogens with one attached hydrogen (secondary N) is 2. The predicted molar refractivity (Wildman–Crippen MR) is 91.5 cm³/mol. The van der Waals surface area contributed by atoms with Crippen LogP contribution >= 0.6 is 24.8 Å². The summed E-state index contributed by atoms with van der Waals surface area (Å²) in [5.74, 6) is 1.15. The number of pyridine rings is 1. The van der Waals surface area contributed by atoms with Gasteiger partial charge in [-0.3, -0.25) is 9.78 Å². The van der Waals surface area contributed by atoms with Crippen molar-refractivity contribution < 1.29 is 4.79 Å². The maximum Gasteiger partial charge on any atom is 0.224 e. The molecule has 1 aromatic heterocycles. The van der Waals surface area contributed by atoms with E-state index in [1.807, 2.05) is 13.0 Å². The van der Waals surface area contributed by atoms with Gasteiger partial charge in [0.05, 0.1) is 0 Å². The Morgan fingerprint density at radius 3 is 2.90 bits per heavy atom. The van der Waals surface area contributed by atoms with Crippen molar-refractivity contribution in [3.05, 3.63) is 24.0 Å². The number of halogens is 2. The van der Waals surface area contributed by atoms with Gasteiger partial charge in [0, 0.05) is 24.5 Å². The molecule has 1 saturated heterocycles. The molecule has 0 aliphatic carbocycles. The molecule has 1 aliphatic rings. The Bertz CT molecular complexity index is 437. The van der Waals surface area contributed by atoms with E-state index in [2.05, 4.69) is 22.5 Å². The number of nitrogens with zero attached hydrogens (tertiary/aromatic N) is 1. The average Bonchev–Trinajstić information content (AvgIpc) is 2.42. The third-order valence-corrected chi connectivity index (χ3v) is 3.94. The number of hydrogen-bond acceptors (Lipinski definition) is 3. The number of rotatable bonds is 4. The number of anilines is 1. The molecule has 1 aromatic rings. The zero-order valence-corrected chi connectivity index (χ0v) is 14.2. The molecule has 1 fully saturated rings. The van der Waals surface area contributed by atoms with E-state index in [1.54, 1.807) is 12.4 Å². The normalized spacial score (nSPS) is 18.9. The summed E-state index contributed by atoms with van der Waals surface area (Å²) in [5.41, 5.74) is 1.87. The number of aromatic nitrogens is 1. The first kappa shape index (κ1) is 20.2. The van der Waals surface area contributed by atoms with Gasteiger partial charge in [0.25, 0.3) is 0 Å². The van der Waals surface area contributed by atoms with E-state index in [0.717, 1.165) is 24.3 Å². The summed E-state index contributed by atoms with van der Waals surface area (Å²) in [7, 11) is 0. The lowest BCUT2D eigenvalue weighted by Crippen LogP contribution is -2.34. The second-order valence-corrected chi connectivity index (χ2v) is 5.53. The van der Waals surface area contributed by atoms with Gasteiger partial charge in [-0.1, -0.05) is 6.92 Å². The second-order valence-electron chi connectivity index (χ2n) is 5.53. The lowest BCUT2D eigenvalue weighted by Gasteiger charge is -2.28. The van der Waals surface area contributed by atoms with Gasteiger partial charge in [-0.05, 0) is 56.3 Å². The number of carbonyl (C=O) groups excluding carboxylic acids is 1. The van der Waals surface area contributed by atoms with Gasteiger partial charge in [-0.25, -0.2) is 0 Å². The molecule has 1 aliphatic heterocycles. The van der Waals surface area contributed by atoms with Crippen molar-refractivity contribution in [2.75, 3.05) is 18.4 Å². The molecule has 2 N–H and O–H groups in total. The summed E-state index contributed by atoms with van der Waals surface area (Å²) in [5, 5.41) is 6.39. The Morgan fingerprint density at radius 1 is 1.52 bits per heavy atom. The van der Waals surface area contributed by atoms with E-state index in [9.17, 15) is 4.79 Å². The zero-order chi connectivity index (χ0) is 13.7. The Balaban J connectivity index is 0.00000200. The maximum absolute atomic E-state index is 12.1. The molecule has 0 saturated carbocycles. The van der Waals surface area contributed by atoms with Crippen molar-refractivity contribution in [2.45, 2.75) is 33.1 Å². The first-order valence-corrected chi connectivity index (χ1v) is 7.08. The molecule has 0 radical (unpaired) electrons. The SMILES string of the molecule is Cc1cnccc1NC(=O)CC(C)C1CCCNC1.Cl.Cl. The van der Waals surface area contributed by atoms with Crippen LogP contribution in [0.2, 0.25) is 0 Å². The fourth-order valence-electron chi connectivity index (χ4n) is 2.64. The third-order valence-electron chi connectivity index (χ3n) is 3.94.